The van der Waals surface area contributed by atoms with E-state index in [0.29, 0.717) is 25.7 Å². The van der Waals surface area contributed by atoms with Crippen molar-refractivity contribution >= 4 is 39.5 Å². The van der Waals surface area contributed by atoms with Gasteiger partial charge in [-0.05, 0) is 57.3 Å². The van der Waals surface area contributed by atoms with E-state index in [1.165, 1.54) is 148 Å². The van der Waals surface area contributed by atoms with Gasteiger partial charge < -0.3 is 33.8 Å². The minimum atomic E-state index is -4.96. The van der Waals surface area contributed by atoms with E-state index in [1.54, 1.807) is 0 Å². The summed E-state index contributed by atoms with van der Waals surface area (Å²) in [5, 5.41) is 10.6. The summed E-state index contributed by atoms with van der Waals surface area (Å²) in [5.41, 5.74) is 0. The molecule has 0 aliphatic heterocycles. The molecule has 0 aromatic carbocycles. The molecule has 0 fully saturated rings. The summed E-state index contributed by atoms with van der Waals surface area (Å²) in [5.74, 6) is -1.35. The van der Waals surface area contributed by atoms with Crippen LogP contribution in [0.2, 0.25) is 0 Å². The van der Waals surface area contributed by atoms with Crippen LogP contribution in [-0.4, -0.2) is 96.7 Å². The van der Waals surface area contributed by atoms with Gasteiger partial charge in [0.2, 0.25) is 0 Å². The first kappa shape index (κ1) is 89.5. The minimum absolute atomic E-state index is 0.101. The molecule has 0 saturated carbocycles. The first-order valence-corrected chi connectivity index (χ1v) is 40.5. The Morgan fingerprint density at radius 3 is 0.924 bits per heavy atom. The maximum atomic E-state index is 13.0. The number of carbonyl (C=O) groups excluding carboxylic acids is 4. The molecule has 3 unspecified atom stereocenters. The number of carbonyl (C=O) groups is 4. The van der Waals surface area contributed by atoms with Crippen LogP contribution in [-0.2, 0) is 65.4 Å². The molecule has 92 heavy (non-hydrogen) atoms. The molecule has 0 amide bonds. The third kappa shape index (κ3) is 64.9. The van der Waals surface area contributed by atoms with Crippen molar-refractivity contribution in [1.29, 1.82) is 0 Å². The SMILES string of the molecule is CCCCCC/C=C\C=C/CCCCCCCC(=O)OC[C@H](COP(=O)(O)OC[C@@H](O)COP(=O)(O)OC[C@@H](COC(=O)CCCCCCCCC)OC(=O)CCCCCCCCCCCCC(C)CC)OC(=O)CCCCCCCCCCCCCCCCCC. The number of unbranched alkanes of at least 4 members (excludes halogenated alkanes) is 39. The molecule has 0 aromatic rings. The van der Waals surface area contributed by atoms with Crippen molar-refractivity contribution in [3.8, 4) is 0 Å². The van der Waals surface area contributed by atoms with Gasteiger partial charge in [-0.25, -0.2) is 9.13 Å². The van der Waals surface area contributed by atoms with E-state index in [2.05, 4.69) is 58.9 Å². The molecule has 0 heterocycles. The molecule has 0 radical (unpaired) electrons. The first-order valence-electron chi connectivity index (χ1n) is 37.5. The number of aliphatic hydroxyl groups excluding tert-OH is 1. The fourth-order valence-electron chi connectivity index (χ4n) is 10.6. The Labute approximate surface area is 561 Å². The lowest BCUT2D eigenvalue weighted by molar-refractivity contribution is -0.161. The Morgan fingerprint density at radius 2 is 0.609 bits per heavy atom. The lowest BCUT2D eigenvalue weighted by Gasteiger charge is -2.21. The number of phosphoric ester groups is 2. The Bertz CT molecular complexity index is 1870. The van der Waals surface area contributed by atoms with Crippen molar-refractivity contribution in [2.75, 3.05) is 39.6 Å². The second-order valence-corrected chi connectivity index (χ2v) is 28.8. The van der Waals surface area contributed by atoms with Gasteiger partial charge in [0.25, 0.3) is 0 Å². The summed E-state index contributed by atoms with van der Waals surface area (Å²) >= 11 is 0. The molecule has 0 aromatic heterocycles. The number of allylic oxidation sites excluding steroid dienone is 4. The van der Waals surface area contributed by atoms with Crippen LogP contribution in [0.3, 0.4) is 0 Å². The van der Waals surface area contributed by atoms with Crippen molar-refractivity contribution < 1.29 is 80.2 Å². The lowest BCUT2D eigenvalue weighted by atomic mass is 9.99. The summed E-state index contributed by atoms with van der Waals surface area (Å²) in [6, 6.07) is 0. The fraction of sp³-hybridized carbons (Fsp3) is 0.890. The summed E-state index contributed by atoms with van der Waals surface area (Å²) in [4.78, 5) is 72.5. The van der Waals surface area contributed by atoms with Crippen molar-refractivity contribution in [3.63, 3.8) is 0 Å². The van der Waals surface area contributed by atoms with E-state index >= 15 is 0 Å². The molecule has 6 atom stereocenters. The van der Waals surface area contributed by atoms with Gasteiger partial charge >= 0.3 is 39.5 Å². The van der Waals surface area contributed by atoms with E-state index in [-0.39, 0.29) is 25.7 Å². The summed E-state index contributed by atoms with van der Waals surface area (Å²) in [6.45, 7) is 7.19. The van der Waals surface area contributed by atoms with Crippen LogP contribution >= 0.6 is 15.6 Å². The van der Waals surface area contributed by atoms with Crippen LogP contribution in [0.5, 0.6) is 0 Å². The predicted molar refractivity (Wildman–Crippen MR) is 372 cm³/mol. The number of rotatable bonds is 71. The zero-order chi connectivity index (χ0) is 67.7. The normalized spacial score (nSPS) is 14.5. The van der Waals surface area contributed by atoms with Gasteiger partial charge in [-0.2, -0.15) is 0 Å². The number of esters is 4. The minimum Gasteiger partial charge on any atom is -0.462 e. The maximum absolute atomic E-state index is 13.0. The van der Waals surface area contributed by atoms with Gasteiger partial charge in [0.15, 0.2) is 12.2 Å². The third-order valence-corrected chi connectivity index (χ3v) is 18.7. The average Bonchev–Trinajstić information content (AvgIpc) is 3.14. The molecular formula is C73H138O17P2. The number of hydrogen-bond acceptors (Lipinski definition) is 15. The van der Waals surface area contributed by atoms with Crippen LogP contribution in [0.1, 0.15) is 356 Å². The van der Waals surface area contributed by atoms with Gasteiger partial charge in [-0.15, -0.1) is 0 Å². The fourth-order valence-corrected chi connectivity index (χ4v) is 12.2. The molecule has 19 heteroatoms. The molecule has 0 saturated heterocycles. The lowest BCUT2D eigenvalue weighted by Crippen LogP contribution is -2.30. The van der Waals surface area contributed by atoms with E-state index < -0.39 is 97.5 Å². The number of aliphatic hydroxyl groups is 1. The second-order valence-electron chi connectivity index (χ2n) is 25.9. The molecule has 0 spiro atoms. The quantitative estimate of drug-likeness (QED) is 0.0169. The first-order chi connectivity index (χ1) is 44.6. The van der Waals surface area contributed by atoms with Gasteiger partial charge in [0.05, 0.1) is 26.4 Å². The predicted octanol–water partition coefficient (Wildman–Crippen LogP) is 20.9. The third-order valence-electron chi connectivity index (χ3n) is 16.8. The van der Waals surface area contributed by atoms with Gasteiger partial charge in [-0.1, -0.05) is 303 Å². The molecule has 0 aliphatic rings. The van der Waals surface area contributed by atoms with E-state index in [0.717, 1.165) is 128 Å². The van der Waals surface area contributed by atoms with Crippen molar-refractivity contribution in [2.45, 2.75) is 374 Å². The highest BCUT2D eigenvalue weighted by molar-refractivity contribution is 7.47. The molecule has 3 N–H and O–H groups in total. The Kier molecular flexibility index (Phi) is 64.0. The van der Waals surface area contributed by atoms with Crippen LogP contribution in [0.4, 0.5) is 0 Å². The van der Waals surface area contributed by atoms with Crippen molar-refractivity contribution in [1.82, 2.24) is 0 Å². The van der Waals surface area contributed by atoms with Crippen molar-refractivity contribution in [2.24, 2.45) is 5.92 Å². The van der Waals surface area contributed by atoms with Gasteiger partial charge in [0.1, 0.15) is 19.3 Å². The van der Waals surface area contributed by atoms with Crippen LogP contribution < -0.4 is 0 Å². The maximum Gasteiger partial charge on any atom is 0.472 e. The van der Waals surface area contributed by atoms with Gasteiger partial charge in [-0.3, -0.25) is 37.3 Å². The monoisotopic (exact) mass is 1350 g/mol. The van der Waals surface area contributed by atoms with Crippen molar-refractivity contribution in [3.05, 3.63) is 24.3 Å². The highest BCUT2D eigenvalue weighted by Crippen LogP contribution is 2.45. The molecule has 17 nitrogen and oxygen atoms in total. The Hall–Kier alpha value is -2.46. The largest absolute Gasteiger partial charge is 0.472 e. The highest BCUT2D eigenvalue weighted by Gasteiger charge is 2.30. The standard InChI is InChI=1S/C73H138O17P2/c1-6-10-13-16-19-21-23-25-27-29-31-33-38-43-48-53-58-72(77)90-69(63-84-71(76)57-52-47-42-37-32-30-28-26-24-22-20-17-14-11-7-2)65-88-92(81,82)86-61-67(74)60-85-91(79,80)87-64-68(62-83-70(75)56-51-46-40-18-15-12-8-3)89-73(78)59-54-49-44-39-35-34-36-41-45-50-55-66(5)9-4/h22,24,26,28,66-69,74H,6-21,23,25,27,29-65H2,1-5H3,(H,79,80)(H,81,82)/b24-22-,28-26-/t66?,67-,68+,69+/m0/s1. The molecule has 0 aliphatic carbocycles. The molecule has 0 rings (SSSR count). The van der Waals surface area contributed by atoms with Crippen LogP contribution in [0.25, 0.3) is 0 Å². The zero-order valence-corrected chi connectivity index (χ0v) is 61.0. The zero-order valence-electron chi connectivity index (χ0n) is 59.2. The van der Waals surface area contributed by atoms with E-state index in [9.17, 15) is 43.2 Å². The molecule has 0 bridgehead atoms. The number of phosphoric acid groups is 2. The highest BCUT2D eigenvalue weighted by atomic mass is 31.2. The van der Waals surface area contributed by atoms with Crippen LogP contribution in [0.15, 0.2) is 24.3 Å². The van der Waals surface area contributed by atoms with Gasteiger partial charge in [0, 0.05) is 25.7 Å². The van der Waals surface area contributed by atoms with Crippen LogP contribution in [0, 0.1) is 5.92 Å². The summed E-state index contributed by atoms with van der Waals surface area (Å²) < 4.78 is 68.3. The number of ether oxygens (including phenoxy) is 4. The second kappa shape index (κ2) is 65.8. The van der Waals surface area contributed by atoms with E-state index in [1.807, 2.05) is 0 Å². The Balaban J connectivity index is 5.24. The summed E-state index contributed by atoms with van der Waals surface area (Å²) in [6.07, 6.45) is 56.3. The average molecular weight is 1350 g/mol. The number of hydrogen-bond donors (Lipinski definition) is 3. The smallest absolute Gasteiger partial charge is 0.462 e. The van der Waals surface area contributed by atoms with E-state index in [4.69, 9.17) is 37.0 Å². The topological polar surface area (TPSA) is 237 Å². The molecular weight excluding hydrogens is 1210 g/mol. The Morgan fingerprint density at radius 1 is 0.348 bits per heavy atom. The molecule has 542 valence electrons. The summed E-state index contributed by atoms with van der Waals surface area (Å²) in [7, 11) is -9.91.